The van der Waals surface area contributed by atoms with Crippen molar-refractivity contribution >= 4 is 45.8 Å². The number of hydrogen-bond acceptors (Lipinski definition) is 6. The van der Waals surface area contributed by atoms with Crippen LogP contribution in [0.25, 0.3) is 27.7 Å². The van der Waals surface area contributed by atoms with Crippen LogP contribution in [0.2, 0.25) is 0 Å². The molecule has 5 rings (SSSR count). The first kappa shape index (κ1) is 23.4. The van der Waals surface area contributed by atoms with Crippen molar-refractivity contribution in [3.8, 4) is 22.6 Å². The van der Waals surface area contributed by atoms with Crippen molar-refractivity contribution in [2.75, 3.05) is 7.11 Å². The Bertz CT molecular complexity index is 1520. The Hall–Kier alpha value is -3.75. The van der Waals surface area contributed by atoms with E-state index < -0.39 is 11.1 Å². The van der Waals surface area contributed by atoms with Crippen molar-refractivity contribution in [1.29, 1.82) is 0 Å². The molecule has 0 bridgehead atoms. The average Bonchev–Trinajstić information content (AvgIpc) is 3.24. The quantitative estimate of drug-likeness (QED) is 0.288. The molecule has 0 aliphatic carbocycles. The molecular formula is C24H17Cl2FN4O3. The molecule has 10 heteroatoms. The fourth-order valence-electron chi connectivity index (χ4n) is 3.56. The summed E-state index contributed by atoms with van der Waals surface area (Å²) in [5, 5.41) is 8.40. The van der Waals surface area contributed by atoms with Gasteiger partial charge in [0.1, 0.15) is 23.9 Å². The number of aromatic nitrogens is 4. The number of rotatable bonds is 6. The minimum absolute atomic E-state index is 0. The minimum atomic E-state index is -0.838. The molecule has 34 heavy (non-hydrogen) atoms. The zero-order valence-electron chi connectivity index (χ0n) is 17.7. The number of benzene rings is 2. The van der Waals surface area contributed by atoms with Crippen molar-refractivity contribution in [3.63, 3.8) is 0 Å². The molecule has 0 radical (unpaired) electrons. The van der Waals surface area contributed by atoms with Crippen molar-refractivity contribution < 1.29 is 18.7 Å². The molecule has 3 aromatic heterocycles. The van der Waals surface area contributed by atoms with E-state index in [0.29, 0.717) is 28.5 Å². The first-order valence-electron chi connectivity index (χ1n) is 9.92. The third-order valence-electron chi connectivity index (χ3n) is 5.25. The number of nitrogens with zero attached hydrogens (tertiary/aromatic N) is 4. The highest BCUT2D eigenvalue weighted by Gasteiger charge is 2.13. The maximum Gasteiger partial charge on any atom is 0.255 e. The number of ether oxygens (including phenoxy) is 2. The van der Waals surface area contributed by atoms with Gasteiger partial charge < -0.3 is 9.47 Å². The number of halogens is 3. The SMILES string of the molecule is COc1ccc2c(OCc3nnc4ccc(-c5ccc(C(=O)Cl)c(F)c5)cn34)ccnc2c1.Cl. The van der Waals surface area contributed by atoms with Crippen molar-refractivity contribution in [2.45, 2.75) is 6.61 Å². The lowest BCUT2D eigenvalue weighted by atomic mass is 10.1. The Labute approximate surface area is 204 Å². The molecule has 0 atom stereocenters. The van der Waals surface area contributed by atoms with Gasteiger partial charge in [-0.15, -0.1) is 22.6 Å². The van der Waals surface area contributed by atoms with E-state index in [4.69, 9.17) is 21.1 Å². The fourth-order valence-corrected chi connectivity index (χ4v) is 3.71. The Morgan fingerprint density at radius 2 is 1.88 bits per heavy atom. The summed E-state index contributed by atoms with van der Waals surface area (Å²) in [6.07, 6.45) is 3.46. The summed E-state index contributed by atoms with van der Waals surface area (Å²) in [5.41, 5.74) is 2.51. The summed E-state index contributed by atoms with van der Waals surface area (Å²) >= 11 is 5.40. The highest BCUT2D eigenvalue weighted by Crippen LogP contribution is 2.28. The van der Waals surface area contributed by atoms with E-state index in [-0.39, 0.29) is 24.6 Å². The summed E-state index contributed by atoms with van der Waals surface area (Å²) in [4.78, 5) is 15.6. The monoisotopic (exact) mass is 498 g/mol. The number of carbonyl (C=O) groups excluding carboxylic acids is 1. The molecule has 0 spiro atoms. The van der Waals surface area contributed by atoms with Gasteiger partial charge >= 0.3 is 0 Å². The predicted molar refractivity (Wildman–Crippen MR) is 128 cm³/mol. The van der Waals surface area contributed by atoms with E-state index in [1.54, 1.807) is 48.2 Å². The third-order valence-corrected chi connectivity index (χ3v) is 5.46. The second kappa shape index (κ2) is 9.62. The van der Waals surface area contributed by atoms with Gasteiger partial charge in [0.05, 0.1) is 18.2 Å². The van der Waals surface area contributed by atoms with Gasteiger partial charge in [-0.1, -0.05) is 6.07 Å². The highest BCUT2D eigenvalue weighted by molar-refractivity contribution is 6.67. The maximum atomic E-state index is 14.2. The first-order chi connectivity index (χ1) is 16.0. The van der Waals surface area contributed by atoms with Crippen LogP contribution in [-0.2, 0) is 6.61 Å². The number of pyridine rings is 2. The molecule has 0 amide bonds. The van der Waals surface area contributed by atoms with Gasteiger partial charge in [0.25, 0.3) is 5.24 Å². The second-order valence-electron chi connectivity index (χ2n) is 7.21. The molecule has 3 heterocycles. The topological polar surface area (TPSA) is 78.6 Å². The van der Waals surface area contributed by atoms with Gasteiger partial charge in [-0.3, -0.25) is 14.2 Å². The molecule has 2 aromatic carbocycles. The Kier molecular flexibility index (Phi) is 6.63. The van der Waals surface area contributed by atoms with Crippen LogP contribution in [0.3, 0.4) is 0 Å². The lowest BCUT2D eigenvalue weighted by Gasteiger charge is -2.10. The molecule has 0 N–H and O–H groups in total. The van der Waals surface area contributed by atoms with E-state index >= 15 is 0 Å². The maximum absolute atomic E-state index is 14.2. The Morgan fingerprint density at radius 3 is 2.65 bits per heavy atom. The lowest BCUT2D eigenvalue weighted by Crippen LogP contribution is -2.02. The van der Waals surface area contributed by atoms with Gasteiger partial charge in [0.15, 0.2) is 11.5 Å². The van der Waals surface area contributed by atoms with Crippen LogP contribution < -0.4 is 9.47 Å². The fraction of sp³-hybridized carbons (Fsp3) is 0.0833. The summed E-state index contributed by atoms with van der Waals surface area (Å²) in [6.45, 7) is 0.157. The van der Waals surface area contributed by atoms with Crippen LogP contribution in [-0.4, -0.2) is 31.9 Å². The molecular weight excluding hydrogens is 482 g/mol. The van der Waals surface area contributed by atoms with Crippen molar-refractivity contribution in [1.82, 2.24) is 19.6 Å². The van der Waals surface area contributed by atoms with Gasteiger partial charge in [-0.05, 0) is 65.2 Å². The predicted octanol–water partition coefficient (Wildman–Crippen LogP) is 5.47. The molecule has 0 saturated carbocycles. The average molecular weight is 499 g/mol. The number of carbonyl (C=O) groups is 1. The highest BCUT2D eigenvalue weighted by atomic mass is 35.5. The lowest BCUT2D eigenvalue weighted by molar-refractivity contribution is 0.107. The van der Waals surface area contributed by atoms with Gasteiger partial charge in [-0.25, -0.2) is 4.39 Å². The van der Waals surface area contributed by atoms with Crippen LogP contribution in [0, 0.1) is 5.82 Å². The normalized spacial score (nSPS) is 10.8. The molecule has 7 nitrogen and oxygen atoms in total. The Morgan fingerprint density at radius 1 is 1.06 bits per heavy atom. The van der Waals surface area contributed by atoms with E-state index in [0.717, 1.165) is 16.5 Å². The summed E-state index contributed by atoms with van der Waals surface area (Å²) < 4.78 is 27.3. The molecule has 0 aliphatic heterocycles. The summed E-state index contributed by atoms with van der Waals surface area (Å²) in [6, 6.07) is 15.2. The van der Waals surface area contributed by atoms with Crippen LogP contribution in [0.5, 0.6) is 11.5 Å². The standard InChI is InChI=1S/C24H16ClFN4O3.ClH/c1-32-16-4-6-18-20(11-16)27-9-8-21(18)33-13-23-29-28-22-7-3-15(12-30(22)23)14-2-5-17(24(25)31)19(26)10-14;/h2-12H,13H2,1H3;1H. The van der Waals surface area contributed by atoms with Crippen molar-refractivity contribution in [3.05, 3.63) is 84.2 Å². The van der Waals surface area contributed by atoms with E-state index in [9.17, 15) is 9.18 Å². The van der Waals surface area contributed by atoms with Crippen molar-refractivity contribution in [2.24, 2.45) is 0 Å². The minimum Gasteiger partial charge on any atom is -0.497 e. The molecule has 0 unspecified atom stereocenters. The van der Waals surface area contributed by atoms with Crippen LogP contribution in [0.1, 0.15) is 16.2 Å². The van der Waals surface area contributed by atoms with E-state index in [2.05, 4.69) is 15.2 Å². The van der Waals surface area contributed by atoms with E-state index in [1.165, 1.54) is 12.1 Å². The molecule has 0 saturated heterocycles. The van der Waals surface area contributed by atoms with Crippen LogP contribution in [0.15, 0.2) is 67.0 Å². The summed E-state index contributed by atoms with van der Waals surface area (Å²) in [5.74, 6) is 1.25. The molecule has 172 valence electrons. The smallest absolute Gasteiger partial charge is 0.255 e. The zero-order chi connectivity index (χ0) is 22.9. The zero-order valence-corrected chi connectivity index (χ0v) is 19.3. The summed E-state index contributed by atoms with van der Waals surface area (Å²) in [7, 11) is 1.60. The Balaban J connectivity index is 0.00000274. The second-order valence-corrected chi connectivity index (χ2v) is 7.55. The number of fused-ring (bicyclic) bond motifs is 2. The largest absolute Gasteiger partial charge is 0.497 e. The molecule has 5 aromatic rings. The van der Waals surface area contributed by atoms with Gasteiger partial charge in [0, 0.05) is 23.8 Å². The van der Waals surface area contributed by atoms with Gasteiger partial charge in [0.2, 0.25) is 0 Å². The first-order valence-corrected chi connectivity index (χ1v) is 10.3. The number of methoxy groups -OCH3 is 1. The van der Waals surface area contributed by atoms with Crippen LogP contribution in [0.4, 0.5) is 4.39 Å². The number of hydrogen-bond donors (Lipinski definition) is 0. The molecule has 0 fully saturated rings. The van der Waals surface area contributed by atoms with Gasteiger partial charge in [-0.2, -0.15) is 0 Å². The third kappa shape index (κ3) is 4.37. The molecule has 0 aliphatic rings. The van der Waals surface area contributed by atoms with E-state index in [1.807, 2.05) is 18.2 Å². The van der Waals surface area contributed by atoms with Crippen LogP contribution >= 0.6 is 24.0 Å².